The van der Waals surface area contributed by atoms with Gasteiger partial charge in [-0.1, -0.05) is 168 Å². The molecule has 320 valence electrons. The van der Waals surface area contributed by atoms with Crippen molar-refractivity contribution in [3.8, 4) is 16.9 Å². The van der Waals surface area contributed by atoms with Crippen molar-refractivity contribution < 1.29 is 43.2 Å². The minimum atomic E-state index is -0.865. The summed E-state index contributed by atoms with van der Waals surface area (Å²) in [4.78, 5) is 54.6. The Morgan fingerprint density at radius 2 is 0.719 bits per heavy atom. The number of carbonyl (C=O) groups is 4. The van der Waals surface area contributed by atoms with E-state index in [0.717, 1.165) is 122 Å². The summed E-state index contributed by atoms with van der Waals surface area (Å²) in [6.07, 6.45) is 24.2. The summed E-state index contributed by atoms with van der Waals surface area (Å²) in [7, 11) is 0. The largest absolute Gasteiger partial charge is 0.506 e. The molecule has 0 atom stereocenters. The molecule has 0 aliphatic heterocycles. The molecule has 2 rings (SSSR count). The Labute approximate surface area is 344 Å². The molecule has 2 aromatic rings. The predicted octanol–water partition coefficient (Wildman–Crippen LogP) is 13.1. The zero-order valence-corrected chi connectivity index (χ0v) is 35.9. The van der Waals surface area contributed by atoms with E-state index in [1.165, 1.54) is 24.6 Å². The molecule has 57 heavy (non-hydrogen) atoms. The highest BCUT2D eigenvalue weighted by Gasteiger charge is 2.30. The Balaban J connectivity index is 2.46. The van der Waals surface area contributed by atoms with Crippen LogP contribution < -0.4 is 0 Å². The van der Waals surface area contributed by atoms with Gasteiger partial charge >= 0.3 is 23.9 Å². The van der Waals surface area contributed by atoms with Gasteiger partial charge in [-0.2, -0.15) is 0 Å². The van der Waals surface area contributed by atoms with E-state index in [-0.39, 0.29) is 59.8 Å². The molecule has 0 heterocycles. The summed E-state index contributed by atoms with van der Waals surface area (Å²) >= 11 is 0. The van der Waals surface area contributed by atoms with Crippen LogP contribution in [-0.2, 0) is 18.9 Å². The van der Waals surface area contributed by atoms with Gasteiger partial charge < -0.3 is 24.1 Å². The van der Waals surface area contributed by atoms with Crippen molar-refractivity contribution in [2.75, 3.05) is 26.4 Å². The van der Waals surface area contributed by atoms with E-state index in [1.807, 2.05) is 0 Å². The fourth-order valence-electron chi connectivity index (χ4n) is 6.84. The molecule has 0 saturated carbocycles. The number of carbonyl (C=O) groups excluding carboxylic acids is 4. The van der Waals surface area contributed by atoms with E-state index in [2.05, 4.69) is 27.7 Å². The molecular formula is C48H74O9. The Morgan fingerprint density at radius 1 is 0.386 bits per heavy atom. The molecule has 1 N–H and O–H groups in total. The molecular weight excluding hydrogens is 721 g/mol. The number of aromatic hydroxyl groups is 1. The number of phenols is 1. The van der Waals surface area contributed by atoms with E-state index in [9.17, 15) is 24.3 Å². The van der Waals surface area contributed by atoms with Crippen molar-refractivity contribution in [1.29, 1.82) is 0 Å². The van der Waals surface area contributed by atoms with Crippen LogP contribution in [0.4, 0.5) is 0 Å². The zero-order chi connectivity index (χ0) is 41.5. The Kier molecular flexibility index (Phi) is 26.9. The molecule has 0 fully saturated rings. The number of esters is 4. The van der Waals surface area contributed by atoms with Crippen LogP contribution in [0.1, 0.15) is 223 Å². The van der Waals surface area contributed by atoms with Crippen LogP contribution in [0.15, 0.2) is 30.3 Å². The summed E-state index contributed by atoms with van der Waals surface area (Å²) in [6.45, 7) is 9.30. The summed E-state index contributed by atoms with van der Waals surface area (Å²) in [5.41, 5.74) is -0.291. The smallest absolute Gasteiger partial charge is 0.342 e. The maximum absolute atomic E-state index is 13.9. The Bertz CT molecular complexity index is 1450. The average Bonchev–Trinajstić information content (AvgIpc) is 3.21. The molecule has 0 unspecified atom stereocenters. The first kappa shape index (κ1) is 49.3. The van der Waals surface area contributed by atoms with Crippen LogP contribution in [0.5, 0.6) is 5.75 Å². The average molecular weight is 795 g/mol. The molecule has 0 aliphatic rings. The van der Waals surface area contributed by atoms with Gasteiger partial charge in [-0.15, -0.1) is 0 Å². The predicted molar refractivity (Wildman–Crippen MR) is 228 cm³/mol. The zero-order valence-electron chi connectivity index (χ0n) is 35.9. The number of ether oxygens (including phenoxy) is 4. The second-order valence-corrected chi connectivity index (χ2v) is 15.2. The summed E-state index contributed by atoms with van der Waals surface area (Å²) in [5, 5.41) is 11.9. The highest BCUT2D eigenvalue weighted by atomic mass is 16.5. The Morgan fingerprint density at radius 3 is 1.12 bits per heavy atom. The molecule has 9 heteroatoms. The van der Waals surface area contributed by atoms with Crippen molar-refractivity contribution in [2.24, 2.45) is 0 Å². The summed E-state index contributed by atoms with van der Waals surface area (Å²) < 4.78 is 22.6. The third kappa shape index (κ3) is 19.0. The van der Waals surface area contributed by atoms with Gasteiger partial charge in [0.25, 0.3) is 0 Å². The molecule has 9 nitrogen and oxygen atoms in total. The lowest BCUT2D eigenvalue weighted by Gasteiger charge is -2.18. The van der Waals surface area contributed by atoms with Gasteiger partial charge in [-0.3, -0.25) is 0 Å². The molecule has 0 aliphatic carbocycles. The highest BCUT2D eigenvalue weighted by Crippen LogP contribution is 2.38. The van der Waals surface area contributed by atoms with Crippen LogP contribution >= 0.6 is 0 Å². The van der Waals surface area contributed by atoms with Crippen LogP contribution in [0, 0.1) is 0 Å². The lowest BCUT2D eigenvalue weighted by Crippen LogP contribution is -2.18. The van der Waals surface area contributed by atoms with Gasteiger partial charge in [0.15, 0.2) is 0 Å². The topological polar surface area (TPSA) is 125 Å². The van der Waals surface area contributed by atoms with Crippen LogP contribution in [-0.4, -0.2) is 55.4 Å². The molecule has 0 radical (unpaired) electrons. The molecule has 0 bridgehead atoms. The molecule has 0 aromatic heterocycles. The molecule has 0 saturated heterocycles. The molecule has 0 amide bonds. The maximum Gasteiger partial charge on any atom is 0.342 e. The lowest BCUT2D eigenvalue weighted by molar-refractivity contribution is 0.0447. The minimum Gasteiger partial charge on any atom is -0.506 e. The maximum atomic E-state index is 13.9. The number of hydrogen-bond acceptors (Lipinski definition) is 9. The van der Waals surface area contributed by atoms with E-state index in [4.69, 9.17) is 18.9 Å². The van der Waals surface area contributed by atoms with Gasteiger partial charge in [-0.25, -0.2) is 19.2 Å². The van der Waals surface area contributed by atoms with E-state index < -0.39 is 29.6 Å². The first-order valence-electron chi connectivity index (χ1n) is 22.5. The first-order chi connectivity index (χ1) is 27.8. The second kappa shape index (κ2) is 31.2. The van der Waals surface area contributed by atoms with Crippen LogP contribution in [0.2, 0.25) is 0 Å². The van der Waals surface area contributed by atoms with E-state index >= 15 is 0 Å². The minimum absolute atomic E-state index is 0.000418. The number of rotatable bonds is 33. The third-order valence-electron chi connectivity index (χ3n) is 10.3. The summed E-state index contributed by atoms with van der Waals surface area (Å²) in [5.74, 6) is -3.57. The number of hydrogen-bond donors (Lipinski definition) is 1. The fourth-order valence-corrected chi connectivity index (χ4v) is 6.84. The van der Waals surface area contributed by atoms with Crippen LogP contribution in [0.25, 0.3) is 11.1 Å². The monoisotopic (exact) mass is 795 g/mol. The van der Waals surface area contributed by atoms with Gasteiger partial charge in [0.05, 0.1) is 43.1 Å². The summed E-state index contributed by atoms with van der Waals surface area (Å²) in [6, 6.07) is 7.57. The van der Waals surface area contributed by atoms with Gasteiger partial charge in [0, 0.05) is 11.1 Å². The fraction of sp³-hybridized carbons (Fsp3) is 0.667. The SMILES string of the molecule is CCCCCCCCOC(=O)c1cccc(-c2ccc(C(=O)OCCCCCCCC)c(C(=O)OCCCCCCCC)c2O)c1C(=O)OCCCCCCCC. The van der Waals surface area contributed by atoms with Crippen molar-refractivity contribution in [3.05, 3.63) is 52.6 Å². The lowest BCUT2D eigenvalue weighted by atomic mass is 9.91. The number of benzene rings is 2. The van der Waals surface area contributed by atoms with Crippen LogP contribution in [0.3, 0.4) is 0 Å². The van der Waals surface area contributed by atoms with Gasteiger partial charge in [0.2, 0.25) is 0 Å². The molecule has 2 aromatic carbocycles. The normalized spacial score (nSPS) is 11.0. The van der Waals surface area contributed by atoms with Gasteiger partial charge in [-0.05, 0) is 43.9 Å². The first-order valence-corrected chi connectivity index (χ1v) is 22.5. The molecule has 0 spiro atoms. The Hall–Kier alpha value is -3.88. The van der Waals surface area contributed by atoms with Crippen molar-refractivity contribution in [3.63, 3.8) is 0 Å². The van der Waals surface area contributed by atoms with Crippen molar-refractivity contribution in [2.45, 2.75) is 182 Å². The quantitative estimate of drug-likeness (QED) is 0.0427. The highest BCUT2D eigenvalue weighted by molar-refractivity contribution is 6.11. The number of phenolic OH excluding ortho intramolecular Hbond substituents is 1. The van der Waals surface area contributed by atoms with Crippen molar-refractivity contribution >= 4 is 23.9 Å². The standard InChI is InChI=1S/C48H74O9/c1-5-9-13-17-21-25-34-54-45(50)40-31-29-30-38(42(40)47(52)56-36-27-23-19-15-11-7-3)39-32-33-41(46(51)55-35-26-22-18-14-10-6-2)43(44(39)49)48(53)57-37-28-24-20-16-12-8-4/h29-33,49H,5-28,34-37H2,1-4H3. The van der Waals surface area contributed by atoms with Crippen molar-refractivity contribution in [1.82, 2.24) is 0 Å². The van der Waals surface area contributed by atoms with E-state index in [0.29, 0.717) is 25.7 Å². The second-order valence-electron chi connectivity index (χ2n) is 15.2. The van der Waals surface area contributed by atoms with E-state index in [1.54, 1.807) is 12.1 Å². The van der Waals surface area contributed by atoms with Gasteiger partial charge in [0.1, 0.15) is 11.3 Å². The number of unbranched alkanes of at least 4 members (excludes halogenated alkanes) is 20. The third-order valence-corrected chi connectivity index (χ3v) is 10.3.